The first-order valence-corrected chi connectivity index (χ1v) is 9.88. The van der Waals surface area contributed by atoms with E-state index < -0.39 is 0 Å². The van der Waals surface area contributed by atoms with Gasteiger partial charge in [-0.05, 0) is 55.7 Å². The maximum Gasteiger partial charge on any atom is 0.166 e. The van der Waals surface area contributed by atoms with E-state index in [0.29, 0.717) is 11.5 Å². The van der Waals surface area contributed by atoms with Crippen LogP contribution >= 0.6 is 11.3 Å². The fourth-order valence-electron chi connectivity index (χ4n) is 3.51. The minimum Gasteiger partial charge on any atom is -0.384 e. The Bertz CT molecular complexity index is 1160. The number of aromatic nitrogens is 4. The summed E-state index contributed by atoms with van der Waals surface area (Å²) < 4.78 is 13.2. The number of rotatable bonds is 3. The van der Waals surface area contributed by atoms with E-state index in [1.165, 1.54) is 23.3 Å². The zero-order chi connectivity index (χ0) is 19.1. The number of fused-ring (bicyclic) bond motifs is 2. The third-order valence-electron chi connectivity index (χ3n) is 4.88. The molecule has 6 nitrogen and oxygen atoms in total. The summed E-state index contributed by atoms with van der Waals surface area (Å²) in [5.74, 6) is 0.918. The van der Waals surface area contributed by atoms with Gasteiger partial charge in [0.1, 0.15) is 28.8 Å². The molecule has 3 heterocycles. The highest BCUT2D eigenvalue weighted by molar-refractivity contribution is 7.15. The highest BCUT2D eigenvalue weighted by Crippen LogP contribution is 2.39. The predicted octanol–water partition coefficient (Wildman–Crippen LogP) is 4.36. The number of thiazole rings is 1. The number of hydrogen-bond acceptors (Lipinski definition) is 7. The molecule has 0 fully saturated rings. The molecule has 3 aromatic heterocycles. The largest absolute Gasteiger partial charge is 0.384 e. The Kier molecular flexibility index (Phi) is 4.12. The lowest BCUT2D eigenvalue weighted by atomic mass is 9.97. The molecule has 140 valence electrons. The lowest BCUT2D eigenvalue weighted by Gasteiger charge is -2.23. The smallest absolute Gasteiger partial charge is 0.166 e. The molecule has 0 aliphatic heterocycles. The van der Waals surface area contributed by atoms with Gasteiger partial charge in [0.15, 0.2) is 5.65 Å². The summed E-state index contributed by atoms with van der Waals surface area (Å²) in [6.45, 7) is 0. The molecular formula is C20H17FN6S. The van der Waals surface area contributed by atoms with E-state index in [-0.39, 0.29) is 11.9 Å². The predicted molar refractivity (Wildman–Crippen MR) is 109 cm³/mol. The van der Waals surface area contributed by atoms with Gasteiger partial charge in [-0.3, -0.25) is 0 Å². The van der Waals surface area contributed by atoms with E-state index in [1.807, 2.05) is 6.07 Å². The van der Waals surface area contributed by atoms with Crippen LogP contribution in [0.3, 0.4) is 0 Å². The minimum atomic E-state index is -0.241. The molecule has 1 aliphatic carbocycles. The number of anilines is 2. The zero-order valence-electron chi connectivity index (χ0n) is 14.9. The molecule has 3 N–H and O–H groups in total. The molecule has 0 amide bonds. The van der Waals surface area contributed by atoms with Crippen molar-refractivity contribution >= 4 is 34.0 Å². The van der Waals surface area contributed by atoms with Crippen LogP contribution in [0.25, 0.3) is 21.6 Å². The average molecular weight is 392 g/mol. The summed E-state index contributed by atoms with van der Waals surface area (Å²) in [6, 6.07) is 10.2. The van der Waals surface area contributed by atoms with Gasteiger partial charge in [0, 0.05) is 10.4 Å². The van der Waals surface area contributed by atoms with E-state index in [1.54, 1.807) is 29.5 Å². The molecular weight excluding hydrogens is 375 g/mol. The molecule has 28 heavy (non-hydrogen) atoms. The summed E-state index contributed by atoms with van der Waals surface area (Å²) in [7, 11) is 0. The van der Waals surface area contributed by atoms with E-state index in [9.17, 15) is 4.39 Å². The number of nitrogen functional groups attached to an aromatic ring is 1. The molecule has 1 aliphatic rings. The Morgan fingerprint density at radius 3 is 2.79 bits per heavy atom. The third-order valence-corrected chi connectivity index (χ3v) is 6.06. The second kappa shape index (κ2) is 6.79. The summed E-state index contributed by atoms with van der Waals surface area (Å²) in [5, 5.41) is 5.27. The molecule has 4 aromatic rings. The van der Waals surface area contributed by atoms with Crippen molar-refractivity contribution in [3.63, 3.8) is 0 Å². The molecule has 1 atom stereocenters. The molecule has 0 bridgehead atoms. The van der Waals surface area contributed by atoms with Crippen LogP contribution in [-0.2, 0) is 6.42 Å². The van der Waals surface area contributed by atoms with E-state index in [0.717, 1.165) is 46.7 Å². The summed E-state index contributed by atoms with van der Waals surface area (Å²) in [6.07, 6.45) is 4.54. The highest BCUT2D eigenvalue weighted by Gasteiger charge is 2.26. The molecule has 0 saturated carbocycles. The van der Waals surface area contributed by atoms with Crippen molar-refractivity contribution in [3.8, 4) is 10.6 Å². The van der Waals surface area contributed by atoms with Crippen molar-refractivity contribution in [1.82, 2.24) is 19.9 Å². The van der Waals surface area contributed by atoms with Crippen LogP contribution in [0.4, 0.5) is 16.0 Å². The quantitative estimate of drug-likeness (QED) is 0.538. The number of aryl methyl sites for hydroxylation is 1. The van der Waals surface area contributed by atoms with Gasteiger partial charge in [-0.25, -0.2) is 24.3 Å². The van der Waals surface area contributed by atoms with Crippen LogP contribution in [0.5, 0.6) is 0 Å². The second-order valence-electron chi connectivity index (χ2n) is 6.75. The Morgan fingerprint density at radius 2 is 1.93 bits per heavy atom. The monoisotopic (exact) mass is 392 g/mol. The summed E-state index contributed by atoms with van der Waals surface area (Å²) in [4.78, 5) is 19.0. The van der Waals surface area contributed by atoms with Crippen molar-refractivity contribution in [1.29, 1.82) is 0 Å². The van der Waals surface area contributed by atoms with Crippen molar-refractivity contribution in [2.75, 3.05) is 11.1 Å². The van der Waals surface area contributed by atoms with Crippen LogP contribution in [-0.4, -0.2) is 19.9 Å². The van der Waals surface area contributed by atoms with Gasteiger partial charge in [0.25, 0.3) is 0 Å². The third kappa shape index (κ3) is 3.05. The van der Waals surface area contributed by atoms with E-state index >= 15 is 0 Å². The first kappa shape index (κ1) is 17.0. The van der Waals surface area contributed by atoms with Crippen LogP contribution < -0.4 is 11.1 Å². The fourth-order valence-corrected chi connectivity index (χ4v) is 4.68. The average Bonchev–Trinajstić information content (AvgIpc) is 3.14. The van der Waals surface area contributed by atoms with Crippen molar-refractivity contribution in [2.45, 2.75) is 25.3 Å². The van der Waals surface area contributed by atoms with Crippen LogP contribution in [0.15, 0.2) is 42.7 Å². The second-order valence-corrected chi connectivity index (χ2v) is 7.84. The molecule has 1 aromatic carbocycles. The Balaban J connectivity index is 1.50. The molecule has 1 unspecified atom stereocenters. The normalized spacial score (nSPS) is 16.1. The molecule has 0 radical (unpaired) electrons. The lowest BCUT2D eigenvalue weighted by molar-refractivity contribution is 0.593. The SMILES string of the molecule is Nc1ccc2c(NC3CCCc4sc(-c5ccc(F)cc5)nc43)ncnc2n1. The minimum absolute atomic E-state index is 0.0600. The van der Waals surface area contributed by atoms with Gasteiger partial charge in [0.05, 0.1) is 17.1 Å². The van der Waals surface area contributed by atoms with Gasteiger partial charge in [0.2, 0.25) is 0 Å². The van der Waals surface area contributed by atoms with E-state index in [2.05, 4.69) is 20.3 Å². The molecule has 0 spiro atoms. The molecule has 8 heteroatoms. The number of halogens is 1. The number of hydrogen-bond donors (Lipinski definition) is 2. The number of nitrogens with zero attached hydrogens (tertiary/aromatic N) is 4. The highest BCUT2D eigenvalue weighted by atomic mass is 32.1. The van der Waals surface area contributed by atoms with Crippen LogP contribution in [0.1, 0.15) is 29.5 Å². The Labute approximate surface area is 164 Å². The number of nitrogens with two attached hydrogens (primary N) is 1. The van der Waals surface area contributed by atoms with Gasteiger partial charge in [-0.15, -0.1) is 11.3 Å². The maximum atomic E-state index is 13.2. The Hall–Kier alpha value is -3.13. The van der Waals surface area contributed by atoms with Gasteiger partial charge < -0.3 is 11.1 Å². The van der Waals surface area contributed by atoms with Crippen LogP contribution in [0, 0.1) is 5.82 Å². The maximum absolute atomic E-state index is 13.2. The van der Waals surface area contributed by atoms with Crippen molar-refractivity contribution in [2.24, 2.45) is 0 Å². The lowest BCUT2D eigenvalue weighted by Crippen LogP contribution is -2.18. The summed E-state index contributed by atoms with van der Waals surface area (Å²) >= 11 is 1.68. The Morgan fingerprint density at radius 1 is 1.07 bits per heavy atom. The zero-order valence-corrected chi connectivity index (χ0v) is 15.7. The van der Waals surface area contributed by atoms with Crippen LogP contribution in [0.2, 0.25) is 0 Å². The topological polar surface area (TPSA) is 89.6 Å². The molecule has 0 saturated heterocycles. The van der Waals surface area contributed by atoms with Gasteiger partial charge in [-0.1, -0.05) is 0 Å². The standard InChI is InChI=1S/C20H17FN6S/c21-12-6-4-11(5-7-12)20-27-17-14(2-1-3-15(17)28-20)25-18-13-8-9-16(22)26-19(13)24-10-23-18/h4-10,14H,1-3H2,(H3,22,23,24,25,26). The fraction of sp³-hybridized carbons (Fsp3) is 0.200. The first-order chi connectivity index (χ1) is 13.7. The number of pyridine rings is 1. The number of benzene rings is 1. The van der Waals surface area contributed by atoms with E-state index in [4.69, 9.17) is 10.7 Å². The van der Waals surface area contributed by atoms with Gasteiger partial charge >= 0.3 is 0 Å². The first-order valence-electron chi connectivity index (χ1n) is 9.07. The van der Waals surface area contributed by atoms with Gasteiger partial charge in [-0.2, -0.15) is 0 Å². The molecule has 5 rings (SSSR count). The number of nitrogens with one attached hydrogen (secondary N) is 1. The van der Waals surface area contributed by atoms with Crippen molar-refractivity contribution in [3.05, 3.63) is 59.1 Å². The summed E-state index contributed by atoms with van der Waals surface area (Å²) in [5.41, 5.74) is 8.32. The van der Waals surface area contributed by atoms with Crippen molar-refractivity contribution < 1.29 is 4.39 Å².